The van der Waals surface area contributed by atoms with E-state index < -0.39 is 5.60 Å². The van der Waals surface area contributed by atoms with E-state index in [0.29, 0.717) is 19.4 Å². The van der Waals surface area contributed by atoms with Crippen LogP contribution in [0.15, 0.2) is 24.3 Å². The molecule has 4 heteroatoms. The molecule has 2 unspecified atom stereocenters. The second-order valence-corrected chi connectivity index (χ2v) is 5.50. The number of aliphatic hydroxyl groups is 1. The Morgan fingerprint density at radius 2 is 2.26 bits per heavy atom. The predicted molar refractivity (Wildman–Crippen MR) is 76.2 cm³/mol. The highest BCUT2D eigenvalue weighted by Crippen LogP contribution is 2.32. The normalized spacial score (nSPS) is 20.3. The molecule has 1 aliphatic heterocycles. The van der Waals surface area contributed by atoms with Gasteiger partial charge in [-0.2, -0.15) is 0 Å². The van der Waals surface area contributed by atoms with Gasteiger partial charge < -0.3 is 15.7 Å². The molecule has 1 amide bonds. The third-order valence-electron chi connectivity index (χ3n) is 3.80. The number of hydrogen-bond donors (Lipinski definition) is 3. The SMILES string of the molecule is CCC(C)(O)CNC(=O)CC1CNc2ccccc21. The Labute approximate surface area is 114 Å². The molecular weight excluding hydrogens is 240 g/mol. The Bertz CT molecular complexity index is 457. The average molecular weight is 262 g/mol. The van der Waals surface area contributed by atoms with Crippen molar-refractivity contribution < 1.29 is 9.90 Å². The first-order chi connectivity index (χ1) is 9.02. The molecular formula is C15H22N2O2. The highest BCUT2D eigenvalue weighted by molar-refractivity contribution is 5.78. The molecule has 2 atom stereocenters. The van der Waals surface area contributed by atoms with Crippen LogP contribution >= 0.6 is 0 Å². The maximum Gasteiger partial charge on any atom is 0.220 e. The highest BCUT2D eigenvalue weighted by atomic mass is 16.3. The first kappa shape index (κ1) is 13.9. The summed E-state index contributed by atoms with van der Waals surface area (Å²) in [4.78, 5) is 11.9. The summed E-state index contributed by atoms with van der Waals surface area (Å²) in [5.74, 6) is 0.222. The maximum atomic E-state index is 11.9. The number of para-hydroxylation sites is 1. The zero-order chi connectivity index (χ0) is 13.9. The average Bonchev–Trinajstić information content (AvgIpc) is 2.80. The Kier molecular flexibility index (Phi) is 4.10. The third kappa shape index (κ3) is 3.47. The summed E-state index contributed by atoms with van der Waals surface area (Å²) in [6, 6.07) is 8.09. The van der Waals surface area contributed by atoms with E-state index in [1.807, 2.05) is 25.1 Å². The van der Waals surface area contributed by atoms with Crippen LogP contribution in [0.5, 0.6) is 0 Å². The molecule has 1 aromatic carbocycles. The first-order valence-electron chi connectivity index (χ1n) is 6.84. The van der Waals surface area contributed by atoms with Gasteiger partial charge in [-0.3, -0.25) is 4.79 Å². The number of fused-ring (bicyclic) bond motifs is 1. The van der Waals surface area contributed by atoms with Crippen LogP contribution in [-0.4, -0.2) is 29.7 Å². The summed E-state index contributed by atoms with van der Waals surface area (Å²) in [5, 5.41) is 16.0. The number of nitrogens with one attached hydrogen (secondary N) is 2. The van der Waals surface area contributed by atoms with Crippen molar-refractivity contribution in [3.05, 3.63) is 29.8 Å². The van der Waals surface area contributed by atoms with Gasteiger partial charge >= 0.3 is 0 Å². The molecule has 0 saturated carbocycles. The number of anilines is 1. The standard InChI is InChI=1S/C15H22N2O2/c1-3-15(2,19)10-17-14(18)8-11-9-16-13-7-5-4-6-12(11)13/h4-7,11,16,19H,3,8-10H2,1-2H3,(H,17,18). The molecule has 1 heterocycles. The first-order valence-corrected chi connectivity index (χ1v) is 6.84. The monoisotopic (exact) mass is 262 g/mol. The van der Waals surface area contributed by atoms with E-state index in [1.54, 1.807) is 6.92 Å². The molecule has 0 radical (unpaired) electrons. The lowest BCUT2D eigenvalue weighted by molar-refractivity contribution is -0.122. The second-order valence-electron chi connectivity index (χ2n) is 5.50. The van der Waals surface area contributed by atoms with E-state index in [-0.39, 0.29) is 11.8 Å². The molecule has 0 aliphatic carbocycles. The fourth-order valence-electron chi connectivity index (χ4n) is 2.25. The zero-order valence-electron chi connectivity index (χ0n) is 11.6. The van der Waals surface area contributed by atoms with Crippen molar-refractivity contribution in [3.8, 4) is 0 Å². The van der Waals surface area contributed by atoms with Gasteiger partial charge in [0.2, 0.25) is 5.91 Å². The van der Waals surface area contributed by atoms with E-state index in [9.17, 15) is 9.90 Å². The van der Waals surface area contributed by atoms with Crippen LogP contribution in [0.3, 0.4) is 0 Å². The quantitative estimate of drug-likeness (QED) is 0.759. The molecule has 19 heavy (non-hydrogen) atoms. The van der Waals surface area contributed by atoms with Crippen molar-refractivity contribution in [2.45, 2.75) is 38.2 Å². The Morgan fingerprint density at radius 1 is 1.53 bits per heavy atom. The van der Waals surface area contributed by atoms with Crippen molar-refractivity contribution >= 4 is 11.6 Å². The van der Waals surface area contributed by atoms with E-state index in [2.05, 4.69) is 16.7 Å². The topological polar surface area (TPSA) is 61.4 Å². The van der Waals surface area contributed by atoms with Crippen molar-refractivity contribution in [3.63, 3.8) is 0 Å². The maximum absolute atomic E-state index is 11.9. The fourth-order valence-corrected chi connectivity index (χ4v) is 2.25. The summed E-state index contributed by atoms with van der Waals surface area (Å²) in [7, 11) is 0. The van der Waals surface area contributed by atoms with Gasteiger partial charge in [-0.1, -0.05) is 25.1 Å². The Morgan fingerprint density at radius 3 is 3.00 bits per heavy atom. The molecule has 2 rings (SSSR count). The number of rotatable bonds is 5. The molecule has 1 aliphatic rings. The van der Waals surface area contributed by atoms with Crippen molar-refractivity contribution in [2.24, 2.45) is 0 Å². The largest absolute Gasteiger partial charge is 0.388 e. The highest BCUT2D eigenvalue weighted by Gasteiger charge is 2.25. The lowest BCUT2D eigenvalue weighted by Crippen LogP contribution is -2.40. The van der Waals surface area contributed by atoms with Gasteiger partial charge in [0.25, 0.3) is 0 Å². The summed E-state index contributed by atoms with van der Waals surface area (Å²) < 4.78 is 0. The van der Waals surface area contributed by atoms with Crippen molar-refractivity contribution in [1.82, 2.24) is 5.32 Å². The van der Waals surface area contributed by atoms with Gasteiger partial charge in [-0.15, -0.1) is 0 Å². The van der Waals surface area contributed by atoms with Gasteiger partial charge in [0, 0.05) is 31.1 Å². The summed E-state index contributed by atoms with van der Waals surface area (Å²) in [6.45, 7) is 4.75. The molecule has 0 spiro atoms. The van der Waals surface area contributed by atoms with Gasteiger partial charge in [0.15, 0.2) is 0 Å². The number of carbonyl (C=O) groups excluding carboxylic acids is 1. The Balaban J connectivity index is 1.88. The van der Waals surface area contributed by atoms with E-state index >= 15 is 0 Å². The summed E-state index contributed by atoms with van der Waals surface area (Å²) in [6.07, 6.45) is 1.09. The second kappa shape index (κ2) is 5.61. The molecule has 0 aromatic heterocycles. The lowest BCUT2D eigenvalue weighted by Gasteiger charge is -2.22. The van der Waals surface area contributed by atoms with Crippen molar-refractivity contribution in [1.29, 1.82) is 0 Å². The smallest absolute Gasteiger partial charge is 0.220 e. The molecule has 0 fully saturated rings. The molecule has 104 valence electrons. The van der Waals surface area contributed by atoms with Gasteiger partial charge in [0.1, 0.15) is 0 Å². The van der Waals surface area contributed by atoms with Crippen LogP contribution in [0.2, 0.25) is 0 Å². The van der Waals surface area contributed by atoms with Crippen LogP contribution in [0.1, 0.15) is 38.2 Å². The van der Waals surface area contributed by atoms with Crippen LogP contribution in [-0.2, 0) is 4.79 Å². The third-order valence-corrected chi connectivity index (χ3v) is 3.80. The molecule has 3 N–H and O–H groups in total. The minimum atomic E-state index is -0.818. The lowest BCUT2D eigenvalue weighted by atomic mass is 9.97. The zero-order valence-corrected chi connectivity index (χ0v) is 11.6. The minimum absolute atomic E-state index is 0.00257. The number of benzene rings is 1. The molecule has 4 nitrogen and oxygen atoms in total. The number of amides is 1. The predicted octanol–water partition coefficient (Wildman–Crippen LogP) is 1.86. The number of carbonyl (C=O) groups is 1. The van der Waals surface area contributed by atoms with Gasteiger partial charge in [-0.25, -0.2) is 0 Å². The van der Waals surface area contributed by atoms with E-state index in [0.717, 1.165) is 12.2 Å². The molecule has 1 aromatic rings. The summed E-state index contributed by atoms with van der Waals surface area (Å²) in [5.41, 5.74) is 1.52. The van der Waals surface area contributed by atoms with Crippen LogP contribution < -0.4 is 10.6 Å². The van der Waals surface area contributed by atoms with Crippen LogP contribution in [0.4, 0.5) is 5.69 Å². The van der Waals surface area contributed by atoms with E-state index in [1.165, 1.54) is 5.56 Å². The summed E-state index contributed by atoms with van der Waals surface area (Å²) >= 11 is 0. The molecule has 0 bridgehead atoms. The fraction of sp³-hybridized carbons (Fsp3) is 0.533. The van der Waals surface area contributed by atoms with Crippen molar-refractivity contribution in [2.75, 3.05) is 18.4 Å². The van der Waals surface area contributed by atoms with Gasteiger partial charge in [-0.05, 0) is 25.0 Å². The minimum Gasteiger partial charge on any atom is -0.388 e. The number of hydrogen-bond acceptors (Lipinski definition) is 3. The van der Waals surface area contributed by atoms with Crippen LogP contribution in [0.25, 0.3) is 0 Å². The molecule has 0 saturated heterocycles. The van der Waals surface area contributed by atoms with Crippen LogP contribution in [0, 0.1) is 0 Å². The van der Waals surface area contributed by atoms with Gasteiger partial charge in [0.05, 0.1) is 5.60 Å². The Hall–Kier alpha value is -1.55. The van der Waals surface area contributed by atoms with E-state index in [4.69, 9.17) is 0 Å².